The van der Waals surface area contributed by atoms with E-state index in [4.69, 9.17) is 4.74 Å². The molecule has 0 saturated carbocycles. The molecule has 0 radical (unpaired) electrons. The van der Waals surface area contributed by atoms with Crippen LogP contribution in [0.3, 0.4) is 0 Å². The Hall–Kier alpha value is -0.0800. The minimum absolute atomic E-state index is 0.658. The Balaban J connectivity index is 3.30. The maximum absolute atomic E-state index is 5.57. The molecule has 15 heavy (non-hydrogen) atoms. The minimum Gasteiger partial charge on any atom is -0.381 e. The summed E-state index contributed by atoms with van der Waals surface area (Å²) in [6.07, 6.45) is 4.88. The second-order valence-electron chi connectivity index (χ2n) is 4.67. The lowest BCUT2D eigenvalue weighted by atomic mass is 10.1. The molecule has 1 unspecified atom stereocenters. The average molecular weight is 215 g/mol. The van der Waals surface area contributed by atoms with Gasteiger partial charge in [-0.3, -0.25) is 0 Å². The van der Waals surface area contributed by atoms with Gasteiger partial charge in [0.05, 0.1) is 0 Å². The second-order valence-corrected chi connectivity index (χ2v) is 4.67. The molecule has 0 rings (SSSR count). The van der Waals surface area contributed by atoms with Crippen LogP contribution in [0, 0.1) is 5.92 Å². The molecule has 0 aromatic rings. The average Bonchev–Trinajstić information content (AvgIpc) is 2.21. The highest BCUT2D eigenvalue weighted by Gasteiger charge is 2.04. The maximum Gasteiger partial charge on any atom is 0.0488 e. The van der Waals surface area contributed by atoms with Crippen LogP contribution in [0.2, 0.25) is 0 Å². The highest BCUT2D eigenvalue weighted by molar-refractivity contribution is 4.64. The quantitative estimate of drug-likeness (QED) is 0.565. The molecule has 0 aliphatic heterocycles. The number of hydrogen-bond donors (Lipinski definition) is 1. The monoisotopic (exact) mass is 215 g/mol. The summed E-state index contributed by atoms with van der Waals surface area (Å²) in [4.78, 5) is 0. The van der Waals surface area contributed by atoms with Gasteiger partial charge in [-0.2, -0.15) is 0 Å². The smallest absolute Gasteiger partial charge is 0.0488 e. The first-order valence-corrected chi connectivity index (χ1v) is 6.51. The molecular formula is C13H29NO. The fourth-order valence-electron chi connectivity index (χ4n) is 1.55. The van der Waals surface area contributed by atoms with E-state index in [1.54, 1.807) is 0 Å². The maximum atomic E-state index is 5.57. The summed E-state index contributed by atoms with van der Waals surface area (Å²) in [6.45, 7) is 11.8. The van der Waals surface area contributed by atoms with Gasteiger partial charge in [-0.15, -0.1) is 0 Å². The fraction of sp³-hybridized carbons (Fsp3) is 1.00. The first-order chi connectivity index (χ1) is 7.20. The Bertz CT molecular complexity index is 126. The van der Waals surface area contributed by atoms with Crippen molar-refractivity contribution in [3.63, 3.8) is 0 Å². The molecule has 0 amide bonds. The van der Waals surface area contributed by atoms with Crippen LogP contribution in [0.4, 0.5) is 0 Å². The van der Waals surface area contributed by atoms with Gasteiger partial charge in [0.25, 0.3) is 0 Å². The van der Waals surface area contributed by atoms with Crippen molar-refractivity contribution in [3.05, 3.63) is 0 Å². The van der Waals surface area contributed by atoms with Crippen LogP contribution < -0.4 is 5.32 Å². The topological polar surface area (TPSA) is 21.3 Å². The summed E-state index contributed by atoms with van der Waals surface area (Å²) >= 11 is 0. The third kappa shape index (κ3) is 10.2. The summed E-state index contributed by atoms with van der Waals surface area (Å²) < 4.78 is 5.57. The molecule has 0 aliphatic rings. The van der Waals surface area contributed by atoms with Gasteiger partial charge in [0.2, 0.25) is 0 Å². The van der Waals surface area contributed by atoms with Gasteiger partial charge in [-0.25, -0.2) is 0 Å². The molecule has 0 aromatic carbocycles. The molecule has 0 aliphatic carbocycles. The van der Waals surface area contributed by atoms with E-state index in [0.717, 1.165) is 19.8 Å². The van der Waals surface area contributed by atoms with Gasteiger partial charge in [0, 0.05) is 19.3 Å². The molecule has 0 fully saturated rings. The molecule has 0 bridgehead atoms. The largest absolute Gasteiger partial charge is 0.381 e. The third-order valence-corrected chi connectivity index (χ3v) is 2.47. The van der Waals surface area contributed by atoms with Crippen molar-refractivity contribution in [1.82, 2.24) is 5.32 Å². The first kappa shape index (κ1) is 14.9. The lowest BCUT2D eigenvalue weighted by Gasteiger charge is -2.16. The first-order valence-electron chi connectivity index (χ1n) is 6.51. The summed E-state index contributed by atoms with van der Waals surface area (Å²) in [5.74, 6) is 0.658. The van der Waals surface area contributed by atoms with Gasteiger partial charge in [0.1, 0.15) is 0 Å². The molecular weight excluding hydrogens is 186 g/mol. The van der Waals surface area contributed by atoms with Crippen LogP contribution in [0.25, 0.3) is 0 Å². The zero-order chi connectivity index (χ0) is 11.5. The summed E-state index contributed by atoms with van der Waals surface area (Å²) in [6, 6.07) is 0.688. The van der Waals surface area contributed by atoms with E-state index in [9.17, 15) is 0 Å². The summed E-state index contributed by atoms with van der Waals surface area (Å²) in [5.41, 5.74) is 0. The summed E-state index contributed by atoms with van der Waals surface area (Å²) in [5, 5.41) is 3.56. The Morgan fingerprint density at radius 2 is 1.93 bits per heavy atom. The zero-order valence-corrected chi connectivity index (χ0v) is 11.0. The van der Waals surface area contributed by atoms with Crippen LogP contribution in [0.15, 0.2) is 0 Å². The molecule has 0 heterocycles. The van der Waals surface area contributed by atoms with E-state index in [1.807, 2.05) is 0 Å². The van der Waals surface area contributed by atoms with E-state index in [2.05, 4.69) is 33.0 Å². The van der Waals surface area contributed by atoms with Crippen LogP contribution in [0.5, 0.6) is 0 Å². The predicted octanol–water partition coefficient (Wildman–Crippen LogP) is 3.22. The van der Waals surface area contributed by atoms with Gasteiger partial charge < -0.3 is 10.1 Å². The minimum atomic E-state index is 0.658. The van der Waals surface area contributed by atoms with Crippen molar-refractivity contribution in [1.29, 1.82) is 0 Å². The highest BCUT2D eigenvalue weighted by Crippen LogP contribution is 2.03. The number of nitrogens with one attached hydrogen (secondary N) is 1. The van der Waals surface area contributed by atoms with E-state index >= 15 is 0 Å². The lowest BCUT2D eigenvalue weighted by Crippen LogP contribution is -2.29. The Kier molecular flexibility index (Phi) is 10.4. The number of ether oxygens (including phenoxy) is 1. The van der Waals surface area contributed by atoms with Gasteiger partial charge in [-0.1, -0.05) is 27.7 Å². The molecule has 0 saturated heterocycles. The second kappa shape index (κ2) is 10.4. The molecule has 1 N–H and O–H groups in total. The van der Waals surface area contributed by atoms with Crippen molar-refractivity contribution in [3.8, 4) is 0 Å². The molecule has 2 heteroatoms. The van der Waals surface area contributed by atoms with E-state index in [1.165, 1.54) is 25.7 Å². The Morgan fingerprint density at radius 1 is 1.20 bits per heavy atom. The van der Waals surface area contributed by atoms with Crippen molar-refractivity contribution < 1.29 is 4.74 Å². The summed E-state index contributed by atoms with van der Waals surface area (Å²) in [7, 11) is 0. The van der Waals surface area contributed by atoms with E-state index in [-0.39, 0.29) is 0 Å². The molecule has 92 valence electrons. The lowest BCUT2D eigenvalue weighted by molar-refractivity contribution is 0.105. The number of hydrogen-bond acceptors (Lipinski definition) is 2. The third-order valence-electron chi connectivity index (χ3n) is 2.47. The SMILES string of the molecule is CCCNC(CC)CCCOCC(C)C. The Morgan fingerprint density at radius 3 is 2.47 bits per heavy atom. The predicted molar refractivity (Wildman–Crippen MR) is 67.3 cm³/mol. The van der Waals surface area contributed by atoms with Crippen LogP contribution in [-0.4, -0.2) is 25.8 Å². The zero-order valence-electron chi connectivity index (χ0n) is 11.0. The molecule has 1 atom stereocenters. The van der Waals surface area contributed by atoms with E-state index in [0.29, 0.717) is 12.0 Å². The van der Waals surface area contributed by atoms with E-state index < -0.39 is 0 Å². The standard InChI is InChI=1S/C13H29NO/c1-5-9-14-13(6-2)8-7-10-15-11-12(3)4/h12-14H,5-11H2,1-4H3. The normalized spacial score (nSPS) is 13.4. The van der Waals surface area contributed by atoms with Crippen molar-refractivity contribution in [2.24, 2.45) is 5.92 Å². The van der Waals surface area contributed by atoms with Crippen molar-refractivity contribution >= 4 is 0 Å². The van der Waals surface area contributed by atoms with Gasteiger partial charge in [-0.05, 0) is 38.1 Å². The molecule has 0 spiro atoms. The Labute approximate surface area is 95.8 Å². The van der Waals surface area contributed by atoms with Crippen molar-refractivity contribution in [2.75, 3.05) is 19.8 Å². The van der Waals surface area contributed by atoms with Crippen LogP contribution in [0.1, 0.15) is 53.4 Å². The molecule has 0 aromatic heterocycles. The van der Waals surface area contributed by atoms with Gasteiger partial charge >= 0.3 is 0 Å². The number of rotatable bonds is 10. The van der Waals surface area contributed by atoms with Crippen molar-refractivity contribution in [2.45, 2.75) is 59.4 Å². The fourth-order valence-corrected chi connectivity index (χ4v) is 1.55. The van der Waals surface area contributed by atoms with Crippen LogP contribution >= 0.6 is 0 Å². The van der Waals surface area contributed by atoms with Crippen LogP contribution in [-0.2, 0) is 4.74 Å². The highest BCUT2D eigenvalue weighted by atomic mass is 16.5. The van der Waals surface area contributed by atoms with Gasteiger partial charge in [0.15, 0.2) is 0 Å². The molecule has 2 nitrogen and oxygen atoms in total.